The molecule has 4 aromatic carbocycles. The Bertz CT molecular complexity index is 2020. The molecule has 0 aromatic heterocycles. The van der Waals surface area contributed by atoms with Crippen LogP contribution in [0.2, 0.25) is 0 Å². The standard InChI is InChI=1S/C23H26N2O3.C23H28N2O/c1-28-19-10-5-16-14-22-20-4-2-3-11-23(20,21(16)15-19)12-13-24(22)17-6-8-18(9-7-17)25(26)27;1-26-19-10-5-16-14-22-20-4-2-3-11-23(20,21(16)15-19)12-13-25(22)18-8-6-17(24)7-9-18/h5-10,15,20,22H,2-4,11-14H2,1H3;5-10,15,20,22H,2-4,11-14,24H2,1H3/t2*20-,22+,23+/m11/s1. The summed E-state index contributed by atoms with van der Waals surface area (Å²) >= 11 is 0. The maximum absolute atomic E-state index is 11.0. The molecule has 4 fully saturated rings. The van der Waals surface area contributed by atoms with Gasteiger partial charge in [-0.15, -0.1) is 0 Å². The van der Waals surface area contributed by atoms with Crippen LogP contribution in [0.15, 0.2) is 84.9 Å². The fourth-order valence-corrected chi connectivity index (χ4v) is 12.3. The molecule has 0 spiro atoms. The van der Waals surface area contributed by atoms with Crippen molar-refractivity contribution in [3.63, 3.8) is 0 Å². The number of fused-ring (bicyclic) bond motifs is 2. The first-order chi connectivity index (χ1) is 26.3. The number of ether oxygens (including phenoxy) is 2. The smallest absolute Gasteiger partial charge is 0.269 e. The number of rotatable bonds is 5. The summed E-state index contributed by atoms with van der Waals surface area (Å²) < 4.78 is 11.1. The summed E-state index contributed by atoms with van der Waals surface area (Å²) in [5, 5.41) is 11.0. The Balaban J connectivity index is 0.000000143. The lowest BCUT2D eigenvalue weighted by molar-refractivity contribution is -0.384. The van der Waals surface area contributed by atoms with Crippen molar-refractivity contribution in [2.24, 2.45) is 11.8 Å². The van der Waals surface area contributed by atoms with Gasteiger partial charge in [0, 0.05) is 65.2 Å². The predicted octanol–water partition coefficient (Wildman–Crippen LogP) is 9.41. The van der Waals surface area contributed by atoms with Crippen LogP contribution >= 0.6 is 0 Å². The van der Waals surface area contributed by atoms with Gasteiger partial charge in [0.2, 0.25) is 0 Å². The van der Waals surface area contributed by atoms with E-state index in [-0.39, 0.29) is 16.0 Å². The second kappa shape index (κ2) is 13.8. The maximum atomic E-state index is 11.0. The van der Waals surface area contributed by atoms with E-state index in [2.05, 4.69) is 58.3 Å². The molecular weight excluding hydrogens is 673 g/mol. The Morgan fingerprint density at radius 1 is 0.648 bits per heavy atom. The van der Waals surface area contributed by atoms with Crippen LogP contribution in [0.3, 0.4) is 0 Å². The normalized spacial score (nSPS) is 28.9. The first-order valence-corrected chi connectivity index (χ1v) is 20.3. The van der Waals surface area contributed by atoms with Gasteiger partial charge < -0.3 is 25.0 Å². The minimum absolute atomic E-state index is 0.161. The Labute approximate surface area is 319 Å². The van der Waals surface area contributed by atoms with Crippen LogP contribution in [0, 0.1) is 22.0 Å². The Morgan fingerprint density at radius 3 is 1.56 bits per heavy atom. The van der Waals surface area contributed by atoms with Gasteiger partial charge in [-0.3, -0.25) is 10.1 Å². The molecule has 2 saturated heterocycles. The molecule has 54 heavy (non-hydrogen) atoms. The van der Waals surface area contributed by atoms with Crippen LogP contribution in [0.1, 0.15) is 86.5 Å². The minimum Gasteiger partial charge on any atom is -0.497 e. The summed E-state index contributed by atoms with van der Waals surface area (Å²) in [7, 11) is 3.54. The molecule has 2 heterocycles. The molecule has 4 aliphatic carbocycles. The maximum Gasteiger partial charge on any atom is 0.269 e. The first-order valence-electron chi connectivity index (χ1n) is 20.3. The number of nitrogens with zero attached hydrogens (tertiary/aromatic N) is 3. The first kappa shape index (κ1) is 35.0. The molecule has 10 rings (SSSR count). The molecular formula is C46H54N4O4. The van der Waals surface area contributed by atoms with Crippen LogP contribution in [0.25, 0.3) is 0 Å². The number of piperidine rings is 2. The molecule has 2 saturated carbocycles. The average molecular weight is 727 g/mol. The van der Waals surface area contributed by atoms with E-state index < -0.39 is 0 Å². The van der Waals surface area contributed by atoms with Gasteiger partial charge in [-0.25, -0.2) is 0 Å². The number of hydrogen-bond acceptors (Lipinski definition) is 7. The van der Waals surface area contributed by atoms with Gasteiger partial charge in [0.1, 0.15) is 11.5 Å². The summed E-state index contributed by atoms with van der Waals surface area (Å²) in [5.74, 6) is 3.38. The summed E-state index contributed by atoms with van der Waals surface area (Å²) in [6.45, 7) is 2.15. The SMILES string of the molecule is COc1ccc2c(c1)[C@]13CCCC[C@@H]1[C@H](C2)N(c1ccc(N)cc1)CC3.COc1ccc2c(c1)[C@]13CCCC[C@@H]1[C@H](C2)N(c1ccc([N+](=O)[O-])cc1)CC3. The van der Waals surface area contributed by atoms with Gasteiger partial charge in [0.05, 0.1) is 19.1 Å². The third kappa shape index (κ3) is 5.70. The van der Waals surface area contributed by atoms with Crippen molar-refractivity contribution >= 4 is 22.7 Å². The average Bonchev–Trinajstić information content (AvgIpc) is 3.21. The van der Waals surface area contributed by atoms with Crippen molar-refractivity contribution in [3.05, 3.63) is 117 Å². The molecule has 4 aromatic rings. The number of anilines is 3. The van der Waals surface area contributed by atoms with E-state index >= 15 is 0 Å². The molecule has 6 aliphatic rings. The lowest BCUT2D eigenvalue weighted by Crippen LogP contribution is -2.61. The largest absolute Gasteiger partial charge is 0.497 e. The highest BCUT2D eigenvalue weighted by molar-refractivity contribution is 5.58. The van der Waals surface area contributed by atoms with E-state index in [0.29, 0.717) is 23.4 Å². The second-order valence-corrected chi connectivity index (χ2v) is 16.9. The van der Waals surface area contributed by atoms with Crippen molar-refractivity contribution in [3.8, 4) is 11.5 Å². The number of non-ortho nitro benzene ring substituents is 1. The van der Waals surface area contributed by atoms with Crippen molar-refractivity contribution in [2.75, 3.05) is 42.8 Å². The molecule has 8 nitrogen and oxygen atoms in total. The Hall–Kier alpha value is -4.72. The minimum atomic E-state index is -0.323. The quantitative estimate of drug-likeness (QED) is 0.124. The lowest BCUT2D eigenvalue weighted by Gasteiger charge is -2.59. The zero-order valence-electron chi connectivity index (χ0n) is 31.8. The zero-order valence-corrected chi connectivity index (χ0v) is 31.8. The van der Waals surface area contributed by atoms with Crippen LogP contribution in [0.4, 0.5) is 22.7 Å². The van der Waals surface area contributed by atoms with Crippen LogP contribution in [0.5, 0.6) is 11.5 Å². The van der Waals surface area contributed by atoms with E-state index in [1.54, 1.807) is 31.9 Å². The molecule has 0 unspecified atom stereocenters. The van der Waals surface area contributed by atoms with Gasteiger partial charge in [-0.2, -0.15) is 0 Å². The van der Waals surface area contributed by atoms with E-state index in [1.807, 2.05) is 24.3 Å². The molecule has 2 N–H and O–H groups in total. The molecule has 8 heteroatoms. The number of nitrogen functional groups attached to an aromatic ring is 1. The number of nitrogens with two attached hydrogens (primary N) is 1. The van der Waals surface area contributed by atoms with Gasteiger partial charge in [-0.05, 0) is 146 Å². The molecule has 4 bridgehead atoms. The molecule has 2 aliphatic heterocycles. The predicted molar refractivity (Wildman–Crippen MR) is 216 cm³/mol. The summed E-state index contributed by atoms with van der Waals surface area (Å²) in [5.41, 5.74) is 16.1. The van der Waals surface area contributed by atoms with Crippen molar-refractivity contribution < 1.29 is 14.4 Å². The topological polar surface area (TPSA) is 94.1 Å². The van der Waals surface area contributed by atoms with Crippen LogP contribution in [-0.2, 0) is 23.7 Å². The molecule has 6 atom stereocenters. The number of nitro groups is 1. The summed E-state index contributed by atoms with van der Waals surface area (Å²) in [6.07, 6.45) is 15.2. The van der Waals surface area contributed by atoms with Gasteiger partial charge >= 0.3 is 0 Å². The molecule has 282 valence electrons. The number of benzene rings is 4. The highest BCUT2D eigenvalue weighted by atomic mass is 16.6. The van der Waals surface area contributed by atoms with Crippen LogP contribution < -0.4 is 25.0 Å². The summed E-state index contributed by atoms with van der Waals surface area (Å²) in [6, 6.07) is 30.1. The second-order valence-electron chi connectivity index (χ2n) is 16.9. The van der Waals surface area contributed by atoms with Crippen LogP contribution in [-0.4, -0.2) is 44.3 Å². The third-order valence-corrected chi connectivity index (χ3v) is 14.7. The zero-order chi connectivity index (χ0) is 37.0. The van der Waals surface area contributed by atoms with Gasteiger partial charge in [0.25, 0.3) is 5.69 Å². The van der Waals surface area contributed by atoms with Gasteiger partial charge in [-0.1, -0.05) is 37.8 Å². The Morgan fingerprint density at radius 2 is 1.11 bits per heavy atom. The third-order valence-electron chi connectivity index (χ3n) is 14.7. The fraction of sp³-hybridized carbons (Fsp3) is 0.478. The van der Waals surface area contributed by atoms with E-state index in [1.165, 1.54) is 80.2 Å². The monoisotopic (exact) mass is 726 g/mol. The van der Waals surface area contributed by atoms with E-state index in [0.717, 1.165) is 61.1 Å². The van der Waals surface area contributed by atoms with Crippen molar-refractivity contribution in [2.45, 2.75) is 100.0 Å². The van der Waals surface area contributed by atoms with Crippen molar-refractivity contribution in [1.82, 2.24) is 0 Å². The van der Waals surface area contributed by atoms with E-state index in [9.17, 15) is 10.1 Å². The highest BCUT2D eigenvalue weighted by Gasteiger charge is 2.55. The van der Waals surface area contributed by atoms with Gasteiger partial charge in [0.15, 0.2) is 0 Å². The highest BCUT2D eigenvalue weighted by Crippen LogP contribution is 2.58. The number of methoxy groups -OCH3 is 2. The molecule has 0 amide bonds. The van der Waals surface area contributed by atoms with Crippen molar-refractivity contribution in [1.29, 1.82) is 0 Å². The molecule has 0 radical (unpaired) electrons. The summed E-state index contributed by atoms with van der Waals surface area (Å²) in [4.78, 5) is 15.9. The number of hydrogen-bond donors (Lipinski definition) is 1. The van der Waals surface area contributed by atoms with E-state index in [4.69, 9.17) is 15.2 Å². The number of nitro benzene ring substituents is 1. The fourth-order valence-electron chi connectivity index (χ4n) is 12.3. The Kier molecular flexibility index (Phi) is 8.98. The lowest BCUT2D eigenvalue weighted by atomic mass is 9.52.